The SMILES string of the molecule is O=C1CCCN1CCN1CCC(c2nnc3ccc(-n4cccn4)nn23)CC1. The second kappa shape index (κ2) is 7.31. The number of hydrogen-bond donors (Lipinski definition) is 0. The van der Waals surface area contributed by atoms with Crippen molar-refractivity contribution in [3.63, 3.8) is 0 Å². The second-order valence-electron chi connectivity index (χ2n) is 7.57. The van der Waals surface area contributed by atoms with E-state index in [4.69, 9.17) is 5.10 Å². The lowest BCUT2D eigenvalue weighted by atomic mass is 9.96. The number of carbonyl (C=O) groups excluding carboxylic acids is 1. The molecule has 2 aliphatic heterocycles. The van der Waals surface area contributed by atoms with Gasteiger partial charge in [-0.2, -0.15) is 9.61 Å². The van der Waals surface area contributed by atoms with E-state index in [1.54, 1.807) is 10.9 Å². The highest BCUT2D eigenvalue weighted by atomic mass is 16.2. The van der Waals surface area contributed by atoms with E-state index >= 15 is 0 Å². The maximum Gasteiger partial charge on any atom is 0.222 e. The molecule has 9 heteroatoms. The Morgan fingerprint density at radius 2 is 1.96 bits per heavy atom. The van der Waals surface area contributed by atoms with Crippen LogP contribution in [0.4, 0.5) is 0 Å². The van der Waals surface area contributed by atoms with Crippen LogP contribution < -0.4 is 0 Å². The molecule has 9 nitrogen and oxygen atoms in total. The Bertz CT molecular complexity index is 958. The van der Waals surface area contributed by atoms with Crippen molar-refractivity contribution in [3.8, 4) is 5.82 Å². The first-order chi connectivity index (χ1) is 13.8. The predicted molar refractivity (Wildman–Crippen MR) is 102 cm³/mol. The molecule has 0 aromatic carbocycles. The summed E-state index contributed by atoms with van der Waals surface area (Å²) in [6, 6.07) is 5.72. The molecule has 0 radical (unpaired) electrons. The van der Waals surface area contributed by atoms with Gasteiger partial charge in [-0.1, -0.05) is 0 Å². The number of piperidine rings is 1. The van der Waals surface area contributed by atoms with Gasteiger partial charge in [0.25, 0.3) is 0 Å². The van der Waals surface area contributed by atoms with E-state index in [0.29, 0.717) is 11.8 Å². The molecule has 2 aliphatic rings. The largest absolute Gasteiger partial charge is 0.341 e. The summed E-state index contributed by atoms with van der Waals surface area (Å²) in [4.78, 5) is 16.2. The van der Waals surface area contributed by atoms with E-state index in [0.717, 1.165) is 75.7 Å². The third-order valence-corrected chi connectivity index (χ3v) is 5.82. The van der Waals surface area contributed by atoms with E-state index < -0.39 is 0 Å². The maximum absolute atomic E-state index is 11.8. The molecule has 0 spiro atoms. The zero-order valence-corrected chi connectivity index (χ0v) is 15.8. The third-order valence-electron chi connectivity index (χ3n) is 5.82. The number of rotatable bonds is 5. The first kappa shape index (κ1) is 17.3. The van der Waals surface area contributed by atoms with Crippen molar-refractivity contribution in [2.45, 2.75) is 31.6 Å². The molecular weight excluding hydrogens is 356 g/mol. The van der Waals surface area contributed by atoms with Gasteiger partial charge >= 0.3 is 0 Å². The highest BCUT2D eigenvalue weighted by Gasteiger charge is 2.26. The summed E-state index contributed by atoms with van der Waals surface area (Å²) in [5.41, 5.74) is 0.765. The molecule has 2 saturated heterocycles. The van der Waals surface area contributed by atoms with Gasteiger partial charge in [0.15, 0.2) is 17.3 Å². The number of aromatic nitrogens is 6. The van der Waals surface area contributed by atoms with Crippen LogP contribution in [0.5, 0.6) is 0 Å². The standard InChI is InChI=1S/C19H24N8O/c28-18-3-1-9-25(18)14-13-24-11-6-15(7-12-24)19-22-21-16-4-5-17(23-27(16)19)26-10-2-8-20-26/h2,4-5,8,10,15H,1,3,6-7,9,11-14H2. The molecule has 0 unspecified atom stereocenters. The average Bonchev–Trinajstić information content (AvgIpc) is 3.47. The highest BCUT2D eigenvalue weighted by molar-refractivity contribution is 5.78. The van der Waals surface area contributed by atoms with Gasteiger partial charge in [0.2, 0.25) is 5.91 Å². The number of nitrogens with zero attached hydrogens (tertiary/aromatic N) is 8. The van der Waals surface area contributed by atoms with Crippen molar-refractivity contribution < 1.29 is 4.79 Å². The predicted octanol–water partition coefficient (Wildman–Crippen LogP) is 1.11. The molecule has 1 amide bonds. The van der Waals surface area contributed by atoms with Gasteiger partial charge in [-0.25, -0.2) is 4.68 Å². The van der Waals surface area contributed by atoms with Crippen LogP contribution in [0.25, 0.3) is 11.5 Å². The van der Waals surface area contributed by atoms with Crippen LogP contribution in [0, 0.1) is 0 Å². The van der Waals surface area contributed by atoms with Crippen LogP contribution in [0.3, 0.4) is 0 Å². The minimum absolute atomic E-state index is 0.309. The lowest BCUT2D eigenvalue weighted by Crippen LogP contribution is -2.40. The quantitative estimate of drug-likeness (QED) is 0.659. The summed E-state index contributed by atoms with van der Waals surface area (Å²) in [5.74, 6) is 2.34. The van der Waals surface area contributed by atoms with E-state index in [1.165, 1.54) is 0 Å². The van der Waals surface area contributed by atoms with Crippen LogP contribution >= 0.6 is 0 Å². The molecule has 5 heterocycles. The monoisotopic (exact) mass is 380 g/mol. The molecule has 3 aromatic rings. The van der Waals surface area contributed by atoms with Gasteiger partial charge in [-0.15, -0.1) is 15.3 Å². The molecule has 0 N–H and O–H groups in total. The van der Waals surface area contributed by atoms with Crippen LogP contribution in [0.15, 0.2) is 30.6 Å². The van der Waals surface area contributed by atoms with Gasteiger partial charge < -0.3 is 9.80 Å². The molecular formula is C19H24N8O. The molecule has 28 heavy (non-hydrogen) atoms. The number of amides is 1. The molecule has 2 fully saturated rings. The van der Waals surface area contributed by atoms with Gasteiger partial charge in [0, 0.05) is 44.4 Å². The van der Waals surface area contributed by atoms with Crippen molar-refractivity contribution in [2.75, 3.05) is 32.7 Å². The van der Waals surface area contributed by atoms with Gasteiger partial charge in [0.1, 0.15) is 0 Å². The fraction of sp³-hybridized carbons (Fsp3) is 0.526. The van der Waals surface area contributed by atoms with Crippen molar-refractivity contribution in [1.29, 1.82) is 0 Å². The first-order valence-corrected chi connectivity index (χ1v) is 10.0. The van der Waals surface area contributed by atoms with Crippen LogP contribution in [-0.4, -0.2) is 78.0 Å². The fourth-order valence-corrected chi connectivity index (χ4v) is 4.19. The summed E-state index contributed by atoms with van der Waals surface area (Å²) < 4.78 is 3.60. The maximum atomic E-state index is 11.8. The first-order valence-electron chi connectivity index (χ1n) is 10.0. The molecule has 5 rings (SSSR count). The Labute approximate surface area is 162 Å². The second-order valence-corrected chi connectivity index (χ2v) is 7.57. The Morgan fingerprint density at radius 1 is 1.07 bits per heavy atom. The number of likely N-dealkylation sites (tertiary alicyclic amines) is 2. The molecule has 0 saturated carbocycles. The molecule has 0 atom stereocenters. The van der Waals surface area contributed by atoms with Gasteiger partial charge in [-0.05, 0) is 50.6 Å². The summed E-state index contributed by atoms with van der Waals surface area (Å²) in [6.07, 6.45) is 7.40. The van der Waals surface area contributed by atoms with E-state index in [1.807, 2.05) is 33.8 Å². The summed E-state index contributed by atoms with van der Waals surface area (Å²) in [5, 5.41) is 17.7. The smallest absolute Gasteiger partial charge is 0.222 e. The van der Waals surface area contributed by atoms with Gasteiger partial charge in [-0.3, -0.25) is 4.79 Å². The van der Waals surface area contributed by atoms with Crippen molar-refractivity contribution in [1.82, 2.24) is 39.4 Å². The Balaban J connectivity index is 1.25. The van der Waals surface area contributed by atoms with Crippen LogP contribution in [-0.2, 0) is 4.79 Å². The zero-order valence-electron chi connectivity index (χ0n) is 15.8. The highest BCUT2D eigenvalue weighted by Crippen LogP contribution is 2.27. The average molecular weight is 380 g/mol. The topological polar surface area (TPSA) is 84.5 Å². The van der Waals surface area contributed by atoms with Crippen molar-refractivity contribution >= 4 is 11.6 Å². The van der Waals surface area contributed by atoms with Gasteiger partial charge in [0.05, 0.1) is 0 Å². The summed E-state index contributed by atoms with van der Waals surface area (Å²) in [6.45, 7) is 4.76. The summed E-state index contributed by atoms with van der Waals surface area (Å²) in [7, 11) is 0. The normalized spacial score (nSPS) is 19.1. The van der Waals surface area contributed by atoms with Crippen LogP contribution in [0.1, 0.15) is 37.4 Å². The lowest BCUT2D eigenvalue weighted by molar-refractivity contribution is -0.127. The minimum atomic E-state index is 0.309. The molecule has 146 valence electrons. The zero-order chi connectivity index (χ0) is 18.9. The van der Waals surface area contributed by atoms with E-state index in [-0.39, 0.29) is 0 Å². The molecule has 0 bridgehead atoms. The fourth-order valence-electron chi connectivity index (χ4n) is 4.19. The number of hydrogen-bond acceptors (Lipinski definition) is 6. The van der Waals surface area contributed by atoms with E-state index in [9.17, 15) is 4.79 Å². The molecule has 3 aromatic heterocycles. The summed E-state index contributed by atoms with van der Waals surface area (Å²) >= 11 is 0. The minimum Gasteiger partial charge on any atom is -0.341 e. The Kier molecular flexibility index (Phi) is 4.52. The third kappa shape index (κ3) is 3.26. The van der Waals surface area contributed by atoms with E-state index in [2.05, 4.69) is 20.2 Å². The number of fused-ring (bicyclic) bond motifs is 1. The Hall–Kier alpha value is -2.81. The Morgan fingerprint density at radius 3 is 2.71 bits per heavy atom. The van der Waals surface area contributed by atoms with Crippen LogP contribution in [0.2, 0.25) is 0 Å². The van der Waals surface area contributed by atoms with Crippen molar-refractivity contribution in [2.24, 2.45) is 0 Å². The van der Waals surface area contributed by atoms with Crippen molar-refractivity contribution in [3.05, 3.63) is 36.4 Å². The lowest BCUT2D eigenvalue weighted by Gasteiger charge is -2.32. The molecule has 0 aliphatic carbocycles. The number of carbonyl (C=O) groups is 1.